The normalized spacial score (nSPS) is 11.1. The summed E-state index contributed by atoms with van der Waals surface area (Å²) in [6, 6.07) is 5.90. The van der Waals surface area contributed by atoms with Crippen LogP contribution in [0, 0.1) is 12.8 Å². The summed E-state index contributed by atoms with van der Waals surface area (Å²) in [6.45, 7) is 8.04. The van der Waals surface area contributed by atoms with Gasteiger partial charge in [0.25, 0.3) is 0 Å². The first-order valence-electron chi connectivity index (χ1n) is 6.69. The molecule has 0 aliphatic carbocycles. The first-order valence-corrected chi connectivity index (χ1v) is 6.69. The maximum Gasteiger partial charge on any atom is 0.234 e. The highest BCUT2D eigenvalue weighted by Gasteiger charge is 2.09. The van der Waals surface area contributed by atoms with Gasteiger partial charge in [-0.2, -0.15) is 0 Å². The van der Waals surface area contributed by atoms with Gasteiger partial charge in [-0.1, -0.05) is 26.0 Å². The van der Waals surface area contributed by atoms with E-state index in [1.807, 2.05) is 37.1 Å². The fourth-order valence-electron chi connectivity index (χ4n) is 1.84. The maximum atomic E-state index is 11.7. The van der Waals surface area contributed by atoms with Crippen LogP contribution in [0.5, 0.6) is 0 Å². The molecule has 3 N–H and O–H groups in total. The van der Waals surface area contributed by atoms with Crippen molar-refractivity contribution < 1.29 is 4.79 Å². The summed E-state index contributed by atoms with van der Waals surface area (Å²) < 4.78 is 0. The highest BCUT2D eigenvalue weighted by molar-refractivity contribution is 5.77. The fraction of sp³-hybridized carbons (Fsp3) is 0.533. The van der Waals surface area contributed by atoms with E-state index in [9.17, 15) is 4.79 Å². The quantitative estimate of drug-likeness (QED) is 0.769. The van der Waals surface area contributed by atoms with Crippen LogP contribution in [-0.4, -0.2) is 30.9 Å². The van der Waals surface area contributed by atoms with E-state index in [1.54, 1.807) is 0 Å². The molecule has 0 aliphatic rings. The molecule has 4 nitrogen and oxygen atoms in total. The van der Waals surface area contributed by atoms with Crippen LogP contribution in [0.3, 0.4) is 0 Å². The lowest BCUT2D eigenvalue weighted by Crippen LogP contribution is -2.36. The van der Waals surface area contributed by atoms with E-state index in [-0.39, 0.29) is 5.91 Å². The van der Waals surface area contributed by atoms with Crippen molar-refractivity contribution in [3.63, 3.8) is 0 Å². The molecule has 19 heavy (non-hydrogen) atoms. The summed E-state index contributed by atoms with van der Waals surface area (Å²) in [6.07, 6.45) is 0. The second kappa shape index (κ2) is 7.14. The van der Waals surface area contributed by atoms with Crippen molar-refractivity contribution >= 4 is 11.6 Å². The van der Waals surface area contributed by atoms with Crippen LogP contribution in [0.4, 0.5) is 5.69 Å². The minimum absolute atomic E-state index is 0.0674. The van der Waals surface area contributed by atoms with Crippen LogP contribution < -0.4 is 11.1 Å². The van der Waals surface area contributed by atoms with Crippen LogP contribution in [0.25, 0.3) is 0 Å². The van der Waals surface area contributed by atoms with Gasteiger partial charge in [-0.3, -0.25) is 9.69 Å². The zero-order chi connectivity index (χ0) is 14.4. The zero-order valence-corrected chi connectivity index (χ0v) is 12.4. The van der Waals surface area contributed by atoms with Gasteiger partial charge >= 0.3 is 0 Å². The van der Waals surface area contributed by atoms with Gasteiger partial charge in [-0.05, 0) is 37.1 Å². The summed E-state index contributed by atoms with van der Waals surface area (Å²) >= 11 is 0. The van der Waals surface area contributed by atoms with Crippen molar-refractivity contribution in [1.82, 2.24) is 10.2 Å². The van der Waals surface area contributed by atoms with Gasteiger partial charge in [0.2, 0.25) is 5.91 Å². The summed E-state index contributed by atoms with van der Waals surface area (Å²) in [7, 11) is 1.94. The first-order chi connectivity index (χ1) is 8.90. The zero-order valence-electron chi connectivity index (χ0n) is 12.4. The number of nitrogens with one attached hydrogen (secondary N) is 1. The Balaban J connectivity index is 2.49. The summed E-state index contributed by atoms with van der Waals surface area (Å²) in [5.74, 6) is 0.545. The smallest absolute Gasteiger partial charge is 0.234 e. The molecular formula is C15H25N3O. The Bertz CT molecular complexity index is 429. The van der Waals surface area contributed by atoms with Gasteiger partial charge in [0.15, 0.2) is 0 Å². The van der Waals surface area contributed by atoms with Crippen molar-refractivity contribution in [2.24, 2.45) is 5.92 Å². The number of hydrogen-bond acceptors (Lipinski definition) is 3. The van der Waals surface area contributed by atoms with E-state index in [4.69, 9.17) is 5.73 Å². The standard InChI is InChI=1S/C15H25N3O/c1-11(2)8-17-15(19)10-18(4)9-13-6-5-7-14(16)12(13)3/h5-7,11H,8-10,16H2,1-4H3,(H,17,19). The van der Waals surface area contributed by atoms with Gasteiger partial charge in [0.05, 0.1) is 6.54 Å². The number of nitrogen functional groups attached to an aromatic ring is 1. The number of carbonyl (C=O) groups is 1. The molecule has 0 saturated heterocycles. The molecule has 0 unspecified atom stereocenters. The second-order valence-corrected chi connectivity index (χ2v) is 5.50. The molecule has 0 spiro atoms. The fourth-order valence-corrected chi connectivity index (χ4v) is 1.84. The number of rotatable bonds is 6. The number of benzene rings is 1. The Morgan fingerprint density at radius 2 is 2.11 bits per heavy atom. The topological polar surface area (TPSA) is 58.4 Å². The summed E-state index contributed by atoms with van der Waals surface area (Å²) in [5, 5.41) is 2.92. The van der Waals surface area contributed by atoms with Crippen LogP contribution in [0.1, 0.15) is 25.0 Å². The Hall–Kier alpha value is -1.55. The third-order valence-corrected chi connectivity index (χ3v) is 3.05. The Morgan fingerprint density at radius 1 is 1.42 bits per heavy atom. The number of likely N-dealkylation sites (N-methyl/N-ethyl adjacent to an activating group) is 1. The van der Waals surface area contributed by atoms with Crippen LogP contribution in [0.2, 0.25) is 0 Å². The summed E-state index contributed by atoms with van der Waals surface area (Å²) in [5.41, 5.74) is 8.94. The molecule has 0 radical (unpaired) electrons. The minimum atomic E-state index is 0.0674. The van der Waals surface area contributed by atoms with Crippen molar-refractivity contribution in [3.8, 4) is 0 Å². The van der Waals surface area contributed by atoms with Crippen molar-refractivity contribution in [1.29, 1.82) is 0 Å². The van der Waals surface area contributed by atoms with Crippen molar-refractivity contribution in [3.05, 3.63) is 29.3 Å². The highest BCUT2D eigenvalue weighted by atomic mass is 16.2. The molecule has 4 heteroatoms. The molecule has 1 aromatic rings. The van der Waals surface area contributed by atoms with E-state index in [2.05, 4.69) is 19.2 Å². The summed E-state index contributed by atoms with van der Waals surface area (Å²) in [4.78, 5) is 13.7. The number of nitrogens with two attached hydrogens (primary N) is 1. The number of amides is 1. The molecule has 1 amide bonds. The SMILES string of the molecule is Cc1c(N)cccc1CN(C)CC(=O)NCC(C)C. The first kappa shape index (κ1) is 15.5. The van der Waals surface area contributed by atoms with E-state index in [0.717, 1.165) is 24.3 Å². The maximum absolute atomic E-state index is 11.7. The third kappa shape index (κ3) is 5.30. The van der Waals surface area contributed by atoms with Crippen molar-refractivity contribution in [2.75, 3.05) is 25.9 Å². The average Bonchev–Trinajstić information content (AvgIpc) is 2.32. The molecule has 1 rings (SSSR count). The molecule has 0 aliphatic heterocycles. The lowest BCUT2D eigenvalue weighted by Gasteiger charge is -2.18. The second-order valence-electron chi connectivity index (χ2n) is 5.50. The van der Waals surface area contributed by atoms with Crippen molar-refractivity contribution in [2.45, 2.75) is 27.3 Å². The number of carbonyl (C=O) groups excluding carboxylic acids is 1. The van der Waals surface area contributed by atoms with Gasteiger partial charge in [0.1, 0.15) is 0 Å². The van der Waals surface area contributed by atoms with Crippen LogP contribution in [0.15, 0.2) is 18.2 Å². The van der Waals surface area contributed by atoms with E-state index < -0.39 is 0 Å². The largest absolute Gasteiger partial charge is 0.399 e. The van der Waals surface area contributed by atoms with Gasteiger partial charge < -0.3 is 11.1 Å². The van der Waals surface area contributed by atoms with Crippen LogP contribution >= 0.6 is 0 Å². The molecule has 1 aromatic carbocycles. The number of hydrogen-bond donors (Lipinski definition) is 2. The molecule has 0 fully saturated rings. The molecule has 0 aromatic heterocycles. The van der Waals surface area contributed by atoms with Gasteiger partial charge in [-0.15, -0.1) is 0 Å². The Labute approximate surface area is 116 Å². The lowest BCUT2D eigenvalue weighted by molar-refractivity contribution is -0.122. The number of nitrogens with zero attached hydrogens (tertiary/aromatic N) is 1. The Morgan fingerprint density at radius 3 is 2.74 bits per heavy atom. The predicted octanol–water partition coefficient (Wildman–Crippen LogP) is 1.78. The van der Waals surface area contributed by atoms with Gasteiger partial charge in [0, 0.05) is 18.8 Å². The highest BCUT2D eigenvalue weighted by Crippen LogP contribution is 2.16. The van der Waals surface area contributed by atoms with E-state index >= 15 is 0 Å². The molecule has 0 bridgehead atoms. The minimum Gasteiger partial charge on any atom is -0.399 e. The Kier molecular flexibility index (Phi) is 5.83. The molecule has 106 valence electrons. The van der Waals surface area contributed by atoms with Crippen LogP contribution in [-0.2, 0) is 11.3 Å². The monoisotopic (exact) mass is 263 g/mol. The average molecular weight is 263 g/mol. The molecule has 0 heterocycles. The van der Waals surface area contributed by atoms with Gasteiger partial charge in [-0.25, -0.2) is 0 Å². The molecule has 0 saturated carbocycles. The van der Waals surface area contributed by atoms with E-state index in [0.29, 0.717) is 12.5 Å². The third-order valence-electron chi connectivity index (χ3n) is 3.05. The number of anilines is 1. The molecular weight excluding hydrogens is 238 g/mol. The lowest BCUT2D eigenvalue weighted by atomic mass is 10.1. The predicted molar refractivity (Wildman–Crippen MR) is 79.8 cm³/mol. The van der Waals surface area contributed by atoms with E-state index in [1.165, 1.54) is 5.56 Å². The molecule has 0 atom stereocenters.